The number of alkyl halides is 3. The molecule has 0 spiro atoms. The van der Waals surface area contributed by atoms with E-state index in [1.165, 1.54) is 6.20 Å². The number of carbonyl (C=O) groups is 2. The van der Waals surface area contributed by atoms with Crippen molar-refractivity contribution in [2.24, 2.45) is 5.92 Å². The molecule has 2 amide bonds. The molecule has 210 valence electrons. The van der Waals surface area contributed by atoms with Crippen LogP contribution in [0.5, 0.6) is 0 Å². The van der Waals surface area contributed by atoms with Gasteiger partial charge in [0.15, 0.2) is 5.65 Å². The minimum absolute atomic E-state index is 0.0866. The lowest BCUT2D eigenvalue weighted by Crippen LogP contribution is -2.44. The molecule has 2 N–H and O–H groups in total. The number of hydrogen-bond acceptors (Lipinski definition) is 5. The van der Waals surface area contributed by atoms with Gasteiger partial charge in [0, 0.05) is 43.7 Å². The van der Waals surface area contributed by atoms with Crippen LogP contribution in [0.15, 0.2) is 35.4 Å². The van der Waals surface area contributed by atoms with Gasteiger partial charge in [0.25, 0.3) is 0 Å². The Balaban J connectivity index is 1.21. The molecule has 2 aliphatic heterocycles. The molecule has 14 heteroatoms. The maximum absolute atomic E-state index is 13.5. The number of amides is 2. The molecule has 5 heterocycles. The van der Waals surface area contributed by atoms with Crippen LogP contribution in [0.25, 0.3) is 22.1 Å². The Labute approximate surface area is 230 Å². The summed E-state index contributed by atoms with van der Waals surface area (Å²) < 4.78 is 42.0. The summed E-state index contributed by atoms with van der Waals surface area (Å²) in [6.07, 6.45) is -0.626. The third-order valence-corrected chi connectivity index (χ3v) is 8.13. The largest absolute Gasteiger partial charge is 0.406 e. The van der Waals surface area contributed by atoms with E-state index < -0.39 is 24.5 Å². The van der Waals surface area contributed by atoms with Gasteiger partial charge >= 0.3 is 11.9 Å². The molecule has 0 unspecified atom stereocenters. The number of imidazole rings is 1. The molecule has 0 bridgehead atoms. The van der Waals surface area contributed by atoms with Gasteiger partial charge in [-0.15, -0.1) is 0 Å². The summed E-state index contributed by atoms with van der Waals surface area (Å²) in [6.45, 7) is -0.967. The van der Waals surface area contributed by atoms with Crippen LogP contribution in [-0.2, 0) is 22.6 Å². The number of piperidine rings is 1. The lowest BCUT2D eigenvalue weighted by molar-refractivity contribution is -0.165. The van der Waals surface area contributed by atoms with E-state index in [1.54, 1.807) is 27.8 Å². The van der Waals surface area contributed by atoms with E-state index in [1.807, 2.05) is 6.07 Å². The minimum atomic E-state index is -4.60. The molecule has 0 aliphatic carbocycles. The topological polar surface area (TPSA) is 120 Å². The third-order valence-electron chi connectivity index (χ3n) is 7.83. The smallest absolute Gasteiger partial charge is 0.343 e. The van der Waals surface area contributed by atoms with Gasteiger partial charge in [-0.1, -0.05) is 11.6 Å². The van der Waals surface area contributed by atoms with E-state index in [0.29, 0.717) is 64.1 Å². The summed E-state index contributed by atoms with van der Waals surface area (Å²) in [7, 11) is 0. The van der Waals surface area contributed by atoms with E-state index in [9.17, 15) is 27.6 Å². The lowest BCUT2D eigenvalue weighted by Gasteiger charge is -2.33. The SMILES string of the molecule is O=C(C[C@@H]1Cc2cc(Cl)c3[nH]ncc3c2CN(CC(F)(F)F)C1=O)N1CCC(n2c(=O)[nH]c3ncccc32)CC1. The molecule has 0 saturated carbocycles. The highest BCUT2D eigenvalue weighted by Crippen LogP contribution is 2.35. The zero-order chi connectivity index (χ0) is 28.2. The maximum Gasteiger partial charge on any atom is 0.406 e. The number of halogens is 4. The molecule has 3 aromatic heterocycles. The van der Waals surface area contributed by atoms with Crippen LogP contribution < -0.4 is 5.69 Å². The molecule has 0 radical (unpaired) electrons. The van der Waals surface area contributed by atoms with E-state index in [2.05, 4.69) is 20.2 Å². The standard InChI is InChI=1S/C26H25ClF3N7O3/c27-19-9-14-8-15(24(39)36(13-26(28,29)30)12-18(14)17-11-32-34-22(17)19)10-21(38)35-6-3-16(4-7-35)37-20-2-1-5-31-23(20)33-25(37)40/h1-2,5,9,11,15-16H,3-4,6-8,10,12-13H2,(H,32,34)(H,31,33,40)/t15-/m0/s1. The fourth-order valence-electron chi connectivity index (χ4n) is 5.97. The van der Waals surface area contributed by atoms with Crippen LogP contribution in [0, 0.1) is 5.92 Å². The molecule has 10 nitrogen and oxygen atoms in total. The number of H-pyrrole nitrogens is 2. The van der Waals surface area contributed by atoms with Crippen molar-refractivity contribution in [2.75, 3.05) is 19.6 Å². The van der Waals surface area contributed by atoms with Gasteiger partial charge < -0.3 is 9.80 Å². The number of pyridine rings is 1. The molecule has 1 saturated heterocycles. The molecule has 1 atom stereocenters. The fourth-order valence-corrected chi connectivity index (χ4v) is 6.25. The van der Waals surface area contributed by atoms with Crippen LogP contribution in [0.2, 0.25) is 5.02 Å². The maximum atomic E-state index is 13.5. The molecule has 40 heavy (non-hydrogen) atoms. The minimum Gasteiger partial charge on any atom is -0.343 e. The summed E-state index contributed by atoms with van der Waals surface area (Å²) in [4.78, 5) is 48.6. The highest BCUT2D eigenvalue weighted by atomic mass is 35.5. The van der Waals surface area contributed by atoms with Crippen molar-refractivity contribution in [3.63, 3.8) is 0 Å². The second-order valence-corrected chi connectivity index (χ2v) is 10.8. The average Bonchev–Trinajstić information content (AvgIpc) is 3.50. The number of rotatable bonds is 4. The third kappa shape index (κ3) is 4.82. The first-order valence-electron chi connectivity index (χ1n) is 12.9. The van der Waals surface area contributed by atoms with Crippen molar-refractivity contribution in [2.45, 2.75) is 44.4 Å². The van der Waals surface area contributed by atoms with E-state index in [-0.39, 0.29) is 37.0 Å². The van der Waals surface area contributed by atoms with Gasteiger partial charge in [0.05, 0.1) is 28.2 Å². The van der Waals surface area contributed by atoms with E-state index >= 15 is 0 Å². The number of nitrogens with one attached hydrogen (secondary N) is 2. The summed E-state index contributed by atoms with van der Waals surface area (Å²) in [5.74, 6) is -2.01. The highest BCUT2D eigenvalue weighted by molar-refractivity contribution is 6.35. The number of carbonyl (C=O) groups excluding carboxylic acids is 2. The van der Waals surface area contributed by atoms with Crippen LogP contribution in [0.4, 0.5) is 13.2 Å². The van der Waals surface area contributed by atoms with Gasteiger partial charge in [0.1, 0.15) is 6.54 Å². The molecule has 2 aliphatic rings. The predicted octanol–water partition coefficient (Wildman–Crippen LogP) is 3.57. The van der Waals surface area contributed by atoms with Gasteiger partial charge in [0.2, 0.25) is 11.8 Å². The van der Waals surface area contributed by atoms with Crippen molar-refractivity contribution in [3.05, 3.63) is 57.2 Å². The second kappa shape index (κ2) is 9.95. The van der Waals surface area contributed by atoms with E-state index in [4.69, 9.17) is 11.6 Å². The summed E-state index contributed by atoms with van der Waals surface area (Å²) in [5, 5.41) is 7.62. The van der Waals surface area contributed by atoms with Gasteiger partial charge in [-0.25, -0.2) is 9.78 Å². The van der Waals surface area contributed by atoms with Crippen LogP contribution in [0.3, 0.4) is 0 Å². The Bertz CT molecular complexity index is 1670. The van der Waals surface area contributed by atoms with Crippen molar-refractivity contribution in [1.29, 1.82) is 0 Å². The number of aromatic nitrogens is 5. The number of nitrogens with zero attached hydrogens (tertiary/aromatic N) is 5. The second-order valence-electron chi connectivity index (χ2n) is 10.4. The zero-order valence-electron chi connectivity index (χ0n) is 21.2. The first kappa shape index (κ1) is 26.4. The monoisotopic (exact) mass is 575 g/mol. The average molecular weight is 576 g/mol. The Morgan fingerprint density at radius 2 is 1.98 bits per heavy atom. The van der Waals surface area contributed by atoms with Crippen molar-refractivity contribution in [1.82, 2.24) is 34.5 Å². The van der Waals surface area contributed by atoms with Crippen LogP contribution >= 0.6 is 11.6 Å². The number of likely N-dealkylation sites (tertiary alicyclic amines) is 1. The van der Waals surface area contributed by atoms with Crippen LogP contribution in [0.1, 0.15) is 36.4 Å². The number of hydrogen-bond donors (Lipinski definition) is 2. The number of benzene rings is 1. The molecular formula is C26H25ClF3N7O3. The highest BCUT2D eigenvalue weighted by Gasteiger charge is 2.39. The Morgan fingerprint density at radius 1 is 1.20 bits per heavy atom. The van der Waals surface area contributed by atoms with Crippen molar-refractivity contribution >= 4 is 45.5 Å². The molecular weight excluding hydrogens is 551 g/mol. The molecule has 1 aromatic carbocycles. The number of aromatic amines is 2. The molecule has 1 fully saturated rings. The van der Waals surface area contributed by atoms with Crippen LogP contribution in [-0.4, -0.2) is 72.2 Å². The quantitative estimate of drug-likeness (QED) is 0.385. The zero-order valence-corrected chi connectivity index (χ0v) is 21.9. The van der Waals surface area contributed by atoms with Gasteiger partial charge in [-0.3, -0.25) is 24.2 Å². The van der Waals surface area contributed by atoms with E-state index in [0.717, 1.165) is 4.90 Å². The Hall–Kier alpha value is -3.87. The summed E-state index contributed by atoms with van der Waals surface area (Å²) in [5.41, 5.74) is 2.57. The molecule has 4 aromatic rings. The summed E-state index contributed by atoms with van der Waals surface area (Å²) in [6, 6.07) is 5.06. The van der Waals surface area contributed by atoms with Crippen molar-refractivity contribution in [3.8, 4) is 0 Å². The first-order chi connectivity index (χ1) is 19.1. The molecule has 6 rings (SSSR count). The predicted molar refractivity (Wildman–Crippen MR) is 140 cm³/mol. The Kier molecular flexibility index (Phi) is 6.56. The Morgan fingerprint density at radius 3 is 2.73 bits per heavy atom. The summed E-state index contributed by atoms with van der Waals surface area (Å²) >= 11 is 6.39. The fraction of sp³-hybridized carbons (Fsp3) is 0.423. The normalized spacial score (nSPS) is 18.9. The van der Waals surface area contributed by atoms with Crippen molar-refractivity contribution < 1.29 is 22.8 Å². The number of fused-ring (bicyclic) bond motifs is 4. The van der Waals surface area contributed by atoms with Gasteiger partial charge in [-0.05, 0) is 48.6 Å². The first-order valence-corrected chi connectivity index (χ1v) is 13.3. The van der Waals surface area contributed by atoms with Gasteiger partial charge in [-0.2, -0.15) is 18.3 Å². The lowest BCUT2D eigenvalue weighted by atomic mass is 9.92.